The quantitative estimate of drug-likeness (QED) is 0.399. The summed E-state index contributed by atoms with van der Waals surface area (Å²) in [5.41, 5.74) is 6.32. The van der Waals surface area contributed by atoms with E-state index in [-0.39, 0.29) is 11.6 Å². The van der Waals surface area contributed by atoms with Crippen LogP contribution in [0.2, 0.25) is 0 Å². The lowest BCUT2D eigenvalue weighted by Crippen LogP contribution is -2.49. The van der Waals surface area contributed by atoms with Crippen LogP contribution < -0.4 is 16.4 Å². The van der Waals surface area contributed by atoms with E-state index in [1.165, 1.54) is 12.1 Å². The van der Waals surface area contributed by atoms with E-state index < -0.39 is 11.1 Å². The van der Waals surface area contributed by atoms with Crippen LogP contribution in [0.4, 0.5) is 5.69 Å². The Morgan fingerprint density at radius 2 is 2.06 bits per heavy atom. The second-order valence-corrected chi connectivity index (χ2v) is 3.77. The summed E-state index contributed by atoms with van der Waals surface area (Å²) >= 11 is 4.94. The molecule has 17 heavy (non-hydrogen) atoms. The summed E-state index contributed by atoms with van der Waals surface area (Å²) in [4.78, 5) is 14.1. The summed E-state index contributed by atoms with van der Waals surface area (Å²) in [6, 6.07) is 6.04. The molecule has 0 fully saturated rings. The molecule has 4 N–H and O–H groups in total. The third kappa shape index (κ3) is 2.48. The molecule has 88 valence electrons. The highest BCUT2D eigenvalue weighted by atomic mass is 32.1. The topological polar surface area (TPSA) is 106 Å². The number of benzene rings is 1. The molecule has 8 heteroatoms. The van der Waals surface area contributed by atoms with Gasteiger partial charge in [-0.3, -0.25) is 10.1 Å². The van der Waals surface area contributed by atoms with E-state index in [9.17, 15) is 10.1 Å². The molecule has 0 radical (unpaired) electrons. The van der Waals surface area contributed by atoms with Gasteiger partial charge in [-0.05, 0) is 29.9 Å². The van der Waals surface area contributed by atoms with Crippen LogP contribution in [0.15, 0.2) is 29.3 Å². The van der Waals surface area contributed by atoms with Crippen LogP contribution in [-0.2, 0) is 0 Å². The van der Waals surface area contributed by atoms with Crippen LogP contribution in [0, 0.1) is 10.1 Å². The van der Waals surface area contributed by atoms with E-state index in [0.717, 1.165) is 5.56 Å². The first-order chi connectivity index (χ1) is 8.06. The van der Waals surface area contributed by atoms with Gasteiger partial charge in [0.15, 0.2) is 11.1 Å². The van der Waals surface area contributed by atoms with Gasteiger partial charge in [-0.2, -0.15) is 0 Å². The number of nitro groups is 1. The fourth-order valence-corrected chi connectivity index (χ4v) is 1.63. The molecule has 7 nitrogen and oxygen atoms in total. The smallest absolute Gasteiger partial charge is 0.269 e. The SMILES string of the molecule is NC1=NC(c2ccc([N+](=O)[O-])cc2)NC(=S)N1. The number of nitrogens with zero attached hydrogens (tertiary/aromatic N) is 2. The minimum Gasteiger partial charge on any atom is -0.370 e. The van der Waals surface area contributed by atoms with Crippen LogP contribution in [0.1, 0.15) is 11.7 Å². The number of non-ortho nitro benzene ring substituents is 1. The highest BCUT2D eigenvalue weighted by molar-refractivity contribution is 7.80. The Balaban J connectivity index is 2.25. The van der Waals surface area contributed by atoms with E-state index in [1.807, 2.05) is 0 Å². The van der Waals surface area contributed by atoms with Gasteiger partial charge in [0.25, 0.3) is 5.69 Å². The number of nitro benzene ring substituents is 1. The number of guanidine groups is 1. The van der Waals surface area contributed by atoms with Crippen LogP contribution in [0.3, 0.4) is 0 Å². The van der Waals surface area contributed by atoms with Crippen molar-refractivity contribution in [2.45, 2.75) is 6.17 Å². The van der Waals surface area contributed by atoms with Gasteiger partial charge in [0, 0.05) is 12.1 Å². The molecule has 1 aromatic carbocycles. The largest absolute Gasteiger partial charge is 0.370 e. The van der Waals surface area contributed by atoms with Crippen molar-refractivity contribution in [3.05, 3.63) is 39.9 Å². The maximum Gasteiger partial charge on any atom is 0.269 e. The van der Waals surface area contributed by atoms with Crippen molar-refractivity contribution < 1.29 is 4.92 Å². The molecule has 1 heterocycles. The maximum absolute atomic E-state index is 10.5. The average Bonchev–Trinajstić information content (AvgIpc) is 2.28. The molecule has 1 atom stereocenters. The van der Waals surface area contributed by atoms with Crippen LogP contribution >= 0.6 is 12.2 Å². The molecule has 1 aliphatic rings. The van der Waals surface area contributed by atoms with E-state index in [0.29, 0.717) is 5.11 Å². The molecule has 0 saturated heterocycles. The van der Waals surface area contributed by atoms with Gasteiger partial charge in [0.2, 0.25) is 0 Å². The first-order valence-corrected chi connectivity index (χ1v) is 5.12. The maximum atomic E-state index is 10.5. The summed E-state index contributed by atoms with van der Waals surface area (Å²) < 4.78 is 0. The Kier molecular flexibility index (Phi) is 2.88. The molecule has 0 bridgehead atoms. The van der Waals surface area contributed by atoms with Crippen molar-refractivity contribution in [3.8, 4) is 0 Å². The van der Waals surface area contributed by atoms with Crippen molar-refractivity contribution in [1.29, 1.82) is 0 Å². The first kappa shape index (κ1) is 11.3. The Morgan fingerprint density at radius 1 is 1.41 bits per heavy atom. The third-order valence-electron chi connectivity index (χ3n) is 2.20. The molecule has 0 aliphatic carbocycles. The molecule has 2 rings (SSSR count). The molecule has 0 amide bonds. The lowest BCUT2D eigenvalue weighted by atomic mass is 10.1. The minimum atomic E-state index is -0.456. The van der Waals surface area contributed by atoms with Crippen molar-refractivity contribution >= 4 is 29.0 Å². The second kappa shape index (κ2) is 4.34. The van der Waals surface area contributed by atoms with Gasteiger partial charge in [0.05, 0.1) is 4.92 Å². The zero-order valence-corrected chi connectivity index (χ0v) is 9.40. The highest BCUT2D eigenvalue weighted by Gasteiger charge is 2.17. The zero-order valence-electron chi connectivity index (χ0n) is 8.58. The van der Waals surface area contributed by atoms with Gasteiger partial charge in [-0.1, -0.05) is 0 Å². The minimum absolute atomic E-state index is 0.0298. The number of nitrogens with two attached hydrogens (primary N) is 1. The van der Waals surface area contributed by atoms with Gasteiger partial charge >= 0.3 is 0 Å². The van der Waals surface area contributed by atoms with Crippen molar-refractivity contribution in [1.82, 2.24) is 10.6 Å². The van der Waals surface area contributed by atoms with E-state index in [4.69, 9.17) is 18.0 Å². The van der Waals surface area contributed by atoms with Crippen molar-refractivity contribution in [3.63, 3.8) is 0 Å². The summed E-state index contributed by atoms with van der Waals surface area (Å²) in [6.07, 6.45) is -0.412. The Morgan fingerprint density at radius 3 is 2.59 bits per heavy atom. The molecule has 1 aromatic rings. The normalized spacial score (nSPS) is 18.9. The average molecular weight is 251 g/mol. The van der Waals surface area contributed by atoms with Crippen LogP contribution in [-0.4, -0.2) is 16.0 Å². The zero-order chi connectivity index (χ0) is 12.4. The van der Waals surface area contributed by atoms with Gasteiger partial charge in [-0.25, -0.2) is 4.99 Å². The number of hydrogen-bond donors (Lipinski definition) is 3. The monoisotopic (exact) mass is 251 g/mol. The lowest BCUT2D eigenvalue weighted by Gasteiger charge is -2.22. The van der Waals surface area contributed by atoms with E-state index in [2.05, 4.69) is 15.6 Å². The van der Waals surface area contributed by atoms with Crippen molar-refractivity contribution in [2.24, 2.45) is 10.7 Å². The molecule has 0 spiro atoms. The second-order valence-electron chi connectivity index (χ2n) is 3.36. The number of aliphatic imine (C=N–C) groups is 1. The molecule has 0 saturated carbocycles. The molecule has 0 aromatic heterocycles. The first-order valence-electron chi connectivity index (χ1n) is 4.71. The third-order valence-corrected chi connectivity index (χ3v) is 2.42. The lowest BCUT2D eigenvalue weighted by molar-refractivity contribution is -0.384. The van der Waals surface area contributed by atoms with E-state index >= 15 is 0 Å². The standard InChI is InChI=1S/C9H9N5O2S/c10-8-11-7(12-9(17)13-8)5-1-3-6(4-2-5)14(15)16/h1-4,7H,(H4,10,11,12,13,17). The fraction of sp³-hybridized carbons (Fsp3) is 0.111. The fourth-order valence-electron chi connectivity index (χ4n) is 1.42. The Hall–Kier alpha value is -2.22. The molecule has 1 unspecified atom stereocenters. The summed E-state index contributed by atoms with van der Waals surface area (Å²) in [6.45, 7) is 0. The van der Waals surface area contributed by atoms with Crippen LogP contribution in [0.5, 0.6) is 0 Å². The van der Waals surface area contributed by atoms with Gasteiger partial charge in [0.1, 0.15) is 6.17 Å². The van der Waals surface area contributed by atoms with Gasteiger partial charge in [-0.15, -0.1) is 0 Å². The van der Waals surface area contributed by atoms with E-state index in [1.54, 1.807) is 12.1 Å². The predicted octanol–water partition coefficient (Wildman–Crippen LogP) is 0.386. The van der Waals surface area contributed by atoms with Gasteiger partial charge < -0.3 is 16.4 Å². The number of rotatable bonds is 2. The highest BCUT2D eigenvalue weighted by Crippen LogP contribution is 2.19. The Labute approximate surface area is 102 Å². The van der Waals surface area contributed by atoms with Crippen molar-refractivity contribution in [2.75, 3.05) is 0 Å². The molecule has 1 aliphatic heterocycles. The summed E-state index contributed by atoms with van der Waals surface area (Å²) in [5, 5.41) is 16.4. The molecular formula is C9H9N5O2S. The predicted molar refractivity (Wildman–Crippen MR) is 66.3 cm³/mol. The Bertz CT molecular complexity index is 499. The number of nitrogens with one attached hydrogen (secondary N) is 2. The summed E-state index contributed by atoms with van der Waals surface area (Å²) in [5.74, 6) is 0.220. The molecular weight excluding hydrogens is 242 g/mol. The number of hydrogen-bond acceptors (Lipinski definition) is 5. The van der Waals surface area contributed by atoms with Crippen LogP contribution in [0.25, 0.3) is 0 Å². The number of thiocarbonyl (C=S) groups is 1. The summed E-state index contributed by atoms with van der Waals surface area (Å²) in [7, 11) is 0.